The third-order valence-electron chi connectivity index (χ3n) is 2.39. The van der Waals surface area contributed by atoms with Gasteiger partial charge in [-0.05, 0) is 14.0 Å². The number of rotatable bonds is 5. The van der Waals surface area contributed by atoms with E-state index in [1.165, 1.54) is 0 Å². The third-order valence-corrected chi connectivity index (χ3v) is 2.39. The second-order valence-electron chi connectivity index (χ2n) is 4.15. The van der Waals surface area contributed by atoms with Crippen LogP contribution in [0.4, 0.5) is 0 Å². The van der Waals surface area contributed by atoms with Crippen LogP contribution in [0.3, 0.4) is 0 Å². The van der Waals surface area contributed by atoms with Crippen molar-refractivity contribution in [2.24, 2.45) is 0 Å². The van der Waals surface area contributed by atoms with Crippen molar-refractivity contribution in [1.82, 2.24) is 15.0 Å². The Kier molecular flexibility index (Phi) is 4.23. The summed E-state index contributed by atoms with van der Waals surface area (Å²) in [5.74, 6) is 1.59. The first-order valence-corrected chi connectivity index (χ1v) is 5.18. The lowest BCUT2D eigenvalue weighted by Crippen LogP contribution is -2.31. The van der Waals surface area contributed by atoms with E-state index in [1.807, 2.05) is 32.7 Å². The Morgan fingerprint density at radius 1 is 1.40 bits per heavy atom. The first kappa shape index (κ1) is 12.1. The van der Waals surface area contributed by atoms with Crippen LogP contribution in [-0.4, -0.2) is 39.8 Å². The van der Waals surface area contributed by atoms with Gasteiger partial charge in [-0.25, -0.2) is 0 Å². The molecule has 0 aliphatic carbocycles. The van der Waals surface area contributed by atoms with Gasteiger partial charge in [0.1, 0.15) is 0 Å². The lowest BCUT2D eigenvalue weighted by atomic mass is 10.2. The second kappa shape index (κ2) is 5.23. The van der Waals surface area contributed by atoms with Gasteiger partial charge < -0.3 is 9.63 Å². The maximum atomic E-state index is 8.97. The van der Waals surface area contributed by atoms with Gasteiger partial charge in [0.25, 0.3) is 0 Å². The summed E-state index contributed by atoms with van der Waals surface area (Å²) in [7, 11) is 1.92. The van der Waals surface area contributed by atoms with Gasteiger partial charge in [-0.15, -0.1) is 0 Å². The summed E-state index contributed by atoms with van der Waals surface area (Å²) in [6, 6.07) is 0.103. The van der Waals surface area contributed by atoms with E-state index >= 15 is 0 Å². The van der Waals surface area contributed by atoms with E-state index in [2.05, 4.69) is 10.1 Å². The van der Waals surface area contributed by atoms with Crippen molar-refractivity contribution in [3.63, 3.8) is 0 Å². The molecule has 0 aromatic carbocycles. The number of hydrogen-bond donors (Lipinski definition) is 1. The highest BCUT2D eigenvalue weighted by atomic mass is 16.5. The quantitative estimate of drug-likeness (QED) is 0.790. The fourth-order valence-electron chi connectivity index (χ4n) is 1.08. The van der Waals surface area contributed by atoms with Gasteiger partial charge in [-0.1, -0.05) is 19.0 Å². The van der Waals surface area contributed by atoms with Crippen molar-refractivity contribution < 1.29 is 9.63 Å². The molecular formula is C10H19N3O2. The van der Waals surface area contributed by atoms with E-state index in [1.54, 1.807) is 0 Å². The molecule has 5 nitrogen and oxygen atoms in total. The molecule has 0 radical (unpaired) electrons. The van der Waals surface area contributed by atoms with E-state index in [-0.39, 0.29) is 18.6 Å². The summed E-state index contributed by atoms with van der Waals surface area (Å²) < 4.78 is 5.09. The molecule has 0 bridgehead atoms. The third kappa shape index (κ3) is 3.28. The van der Waals surface area contributed by atoms with Crippen LogP contribution in [0.2, 0.25) is 0 Å². The summed E-state index contributed by atoms with van der Waals surface area (Å²) in [6.07, 6.45) is 0. The molecule has 0 saturated heterocycles. The van der Waals surface area contributed by atoms with Crippen LogP contribution in [0, 0.1) is 0 Å². The molecule has 1 N–H and O–H groups in total. The highest BCUT2D eigenvalue weighted by Crippen LogP contribution is 2.11. The number of aromatic nitrogens is 2. The van der Waals surface area contributed by atoms with Gasteiger partial charge >= 0.3 is 0 Å². The van der Waals surface area contributed by atoms with Crippen LogP contribution in [-0.2, 0) is 6.54 Å². The number of hydrogen-bond acceptors (Lipinski definition) is 5. The average Bonchev–Trinajstić information content (AvgIpc) is 2.65. The molecule has 1 aromatic heterocycles. The largest absolute Gasteiger partial charge is 0.395 e. The monoisotopic (exact) mass is 213 g/mol. The molecule has 1 rings (SSSR count). The smallest absolute Gasteiger partial charge is 0.229 e. The zero-order valence-corrected chi connectivity index (χ0v) is 9.77. The zero-order valence-electron chi connectivity index (χ0n) is 9.77. The Morgan fingerprint density at radius 2 is 2.07 bits per heavy atom. The summed E-state index contributed by atoms with van der Waals surface area (Å²) in [6.45, 7) is 6.70. The van der Waals surface area contributed by atoms with E-state index in [9.17, 15) is 0 Å². The maximum Gasteiger partial charge on any atom is 0.229 e. The SMILES string of the molecule is CC(C)c1nc(CN(C)C(C)CO)no1. The molecule has 1 unspecified atom stereocenters. The van der Waals surface area contributed by atoms with Crippen LogP contribution in [0.15, 0.2) is 4.52 Å². The minimum absolute atomic E-state index is 0.103. The van der Waals surface area contributed by atoms with Crippen molar-refractivity contribution in [1.29, 1.82) is 0 Å². The lowest BCUT2D eigenvalue weighted by molar-refractivity contribution is 0.150. The molecule has 86 valence electrons. The molecule has 1 atom stereocenters. The van der Waals surface area contributed by atoms with Crippen molar-refractivity contribution in [2.45, 2.75) is 39.3 Å². The number of aliphatic hydroxyl groups is 1. The van der Waals surface area contributed by atoms with Crippen LogP contribution >= 0.6 is 0 Å². The van der Waals surface area contributed by atoms with Crippen molar-refractivity contribution in [3.05, 3.63) is 11.7 Å². The summed E-state index contributed by atoms with van der Waals surface area (Å²) >= 11 is 0. The van der Waals surface area contributed by atoms with Crippen LogP contribution in [0.25, 0.3) is 0 Å². The molecule has 1 heterocycles. The van der Waals surface area contributed by atoms with Gasteiger partial charge in [0.2, 0.25) is 5.89 Å². The molecule has 5 heteroatoms. The number of likely N-dealkylation sites (N-methyl/N-ethyl adjacent to an activating group) is 1. The van der Waals surface area contributed by atoms with Gasteiger partial charge in [0.15, 0.2) is 5.82 Å². The molecule has 0 aliphatic heterocycles. The molecule has 0 spiro atoms. The predicted octanol–water partition coefficient (Wildman–Crippen LogP) is 1.01. The van der Waals surface area contributed by atoms with Gasteiger partial charge in [-0.2, -0.15) is 4.98 Å². The summed E-state index contributed by atoms with van der Waals surface area (Å²) in [4.78, 5) is 6.25. The first-order chi connectivity index (χ1) is 7.04. The van der Waals surface area contributed by atoms with E-state index < -0.39 is 0 Å². The number of nitrogens with zero attached hydrogens (tertiary/aromatic N) is 3. The van der Waals surface area contributed by atoms with Gasteiger partial charge in [-0.3, -0.25) is 4.90 Å². The molecule has 15 heavy (non-hydrogen) atoms. The van der Waals surface area contributed by atoms with E-state index in [4.69, 9.17) is 9.63 Å². The second-order valence-corrected chi connectivity index (χ2v) is 4.15. The molecule has 1 aromatic rings. The summed E-state index contributed by atoms with van der Waals surface area (Å²) in [5.41, 5.74) is 0. The van der Waals surface area contributed by atoms with Crippen molar-refractivity contribution in [2.75, 3.05) is 13.7 Å². The van der Waals surface area contributed by atoms with E-state index in [0.29, 0.717) is 18.3 Å². The highest BCUT2D eigenvalue weighted by molar-refractivity contribution is 4.90. The van der Waals surface area contributed by atoms with Gasteiger partial charge in [0.05, 0.1) is 13.2 Å². The molecule has 0 saturated carbocycles. The Morgan fingerprint density at radius 3 is 2.53 bits per heavy atom. The predicted molar refractivity (Wildman–Crippen MR) is 56.4 cm³/mol. The standard InChI is InChI=1S/C10H19N3O2/c1-7(2)10-11-9(12-15-10)5-13(4)8(3)6-14/h7-8,14H,5-6H2,1-4H3. The molecule has 0 amide bonds. The lowest BCUT2D eigenvalue weighted by Gasteiger charge is -2.20. The Balaban J connectivity index is 2.57. The van der Waals surface area contributed by atoms with Crippen molar-refractivity contribution in [3.8, 4) is 0 Å². The molecule has 0 fully saturated rings. The molecule has 0 aliphatic rings. The average molecular weight is 213 g/mol. The van der Waals surface area contributed by atoms with Gasteiger partial charge in [0, 0.05) is 12.0 Å². The first-order valence-electron chi connectivity index (χ1n) is 5.18. The van der Waals surface area contributed by atoms with Crippen LogP contribution in [0.5, 0.6) is 0 Å². The Labute approximate surface area is 90.1 Å². The van der Waals surface area contributed by atoms with Crippen LogP contribution in [0.1, 0.15) is 38.4 Å². The van der Waals surface area contributed by atoms with Crippen LogP contribution < -0.4 is 0 Å². The maximum absolute atomic E-state index is 8.97. The van der Waals surface area contributed by atoms with Crippen molar-refractivity contribution >= 4 is 0 Å². The normalized spacial score (nSPS) is 13.8. The zero-order chi connectivity index (χ0) is 11.4. The minimum atomic E-state index is 0.103. The highest BCUT2D eigenvalue weighted by Gasteiger charge is 2.14. The van der Waals surface area contributed by atoms with E-state index in [0.717, 1.165) is 0 Å². The topological polar surface area (TPSA) is 62.4 Å². The Hall–Kier alpha value is -0.940. The Bertz CT molecular complexity index is 299. The summed E-state index contributed by atoms with van der Waals surface area (Å²) in [5, 5.41) is 12.9. The molecular weight excluding hydrogens is 194 g/mol. The minimum Gasteiger partial charge on any atom is -0.395 e. The fourth-order valence-corrected chi connectivity index (χ4v) is 1.08. The fraction of sp³-hybridized carbons (Fsp3) is 0.800. The number of aliphatic hydroxyl groups excluding tert-OH is 1.